The number of nitrogens with one attached hydrogen (secondary N) is 1. The first-order valence-electron chi connectivity index (χ1n) is 13.1. The van der Waals surface area contributed by atoms with Crippen molar-refractivity contribution >= 4 is 34.4 Å². The van der Waals surface area contributed by atoms with Gasteiger partial charge in [0, 0.05) is 31.0 Å². The maximum Gasteiger partial charge on any atom is 0.247 e. The van der Waals surface area contributed by atoms with E-state index in [0.717, 1.165) is 38.5 Å². The van der Waals surface area contributed by atoms with Crippen LogP contribution in [-0.2, 0) is 16.2 Å². The molecule has 2 aliphatic carbocycles. The summed E-state index contributed by atoms with van der Waals surface area (Å²) in [7, 11) is 1.50. The van der Waals surface area contributed by atoms with Crippen LogP contribution < -0.4 is 14.8 Å². The molecular formula is C27H39IN2O7. The summed E-state index contributed by atoms with van der Waals surface area (Å²) in [5.41, 5.74) is 1.06. The van der Waals surface area contributed by atoms with E-state index in [0.29, 0.717) is 32.8 Å². The van der Waals surface area contributed by atoms with Crippen molar-refractivity contribution in [3.05, 3.63) is 32.9 Å². The molecule has 4 N–H and O–H groups in total. The lowest BCUT2D eigenvalue weighted by Gasteiger charge is -2.41. The van der Waals surface area contributed by atoms with E-state index in [4.69, 9.17) is 9.47 Å². The summed E-state index contributed by atoms with van der Waals surface area (Å²) < 4.78 is 12.4. The Hall–Kier alpha value is -1.89. The molecule has 3 atom stereocenters. The van der Waals surface area contributed by atoms with Gasteiger partial charge in [0.2, 0.25) is 11.8 Å². The number of unbranched alkanes of at least 4 members (excludes halogenated alkanes) is 3. The highest BCUT2D eigenvalue weighted by atomic mass is 127. The van der Waals surface area contributed by atoms with Gasteiger partial charge in [-0.1, -0.05) is 26.2 Å². The molecule has 1 saturated carbocycles. The number of halogens is 1. The quantitative estimate of drug-likeness (QED) is 0.184. The van der Waals surface area contributed by atoms with Gasteiger partial charge in [0.05, 0.1) is 29.9 Å². The van der Waals surface area contributed by atoms with Crippen molar-refractivity contribution in [2.24, 2.45) is 5.92 Å². The molecule has 9 nitrogen and oxygen atoms in total. The van der Waals surface area contributed by atoms with Crippen LogP contribution in [-0.4, -0.2) is 77.1 Å². The normalized spacial score (nSPS) is 21.2. The zero-order chi connectivity index (χ0) is 26.9. The molecule has 206 valence electrons. The largest absolute Gasteiger partial charge is 0.493 e. The monoisotopic (exact) mass is 630 g/mol. The predicted molar refractivity (Wildman–Crippen MR) is 147 cm³/mol. The fourth-order valence-electron chi connectivity index (χ4n) is 4.61. The van der Waals surface area contributed by atoms with Gasteiger partial charge in [0.25, 0.3) is 0 Å². The lowest BCUT2D eigenvalue weighted by atomic mass is 9.87. The molecule has 0 radical (unpaired) electrons. The number of aliphatic hydroxyl groups excluding tert-OH is 3. The molecule has 0 saturated heterocycles. The van der Waals surface area contributed by atoms with Crippen LogP contribution in [0.15, 0.2) is 23.8 Å². The summed E-state index contributed by atoms with van der Waals surface area (Å²) in [6.07, 6.45) is 5.46. The van der Waals surface area contributed by atoms with Gasteiger partial charge < -0.3 is 35.0 Å². The first-order valence-corrected chi connectivity index (χ1v) is 14.1. The van der Waals surface area contributed by atoms with Gasteiger partial charge in [-0.3, -0.25) is 9.59 Å². The molecule has 10 heteroatoms. The third-order valence-electron chi connectivity index (χ3n) is 6.80. The Morgan fingerprint density at radius 1 is 1.19 bits per heavy atom. The maximum atomic E-state index is 13.3. The molecule has 0 heterocycles. The second kappa shape index (κ2) is 14.3. The highest BCUT2D eigenvalue weighted by Gasteiger charge is 2.43. The van der Waals surface area contributed by atoms with E-state index >= 15 is 0 Å². The average Bonchev–Trinajstić information content (AvgIpc) is 3.75. The number of nitrogens with zero attached hydrogens (tertiary/aromatic N) is 1. The van der Waals surface area contributed by atoms with Crippen molar-refractivity contribution in [3.8, 4) is 11.5 Å². The van der Waals surface area contributed by atoms with Crippen LogP contribution in [0.25, 0.3) is 0 Å². The molecule has 2 aliphatic rings. The summed E-state index contributed by atoms with van der Waals surface area (Å²) in [6.45, 7) is 2.39. The lowest BCUT2D eigenvalue weighted by molar-refractivity contribution is -0.140. The van der Waals surface area contributed by atoms with Crippen LogP contribution in [0.1, 0.15) is 57.4 Å². The van der Waals surface area contributed by atoms with Crippen molar-refractivity contribution in [2.75, 3.05) is 26.8 Å². The first-order chi connectivity index (χ1) is 17.8. The smallest absolute Gasteiger partial charge is 0.247 e. The Morgan fingerprint density at radius 2 is 1.95 bits per heavy atom. The van der Waals surface area contributed by atoms with Gasteiger partial charge in [0.15, 0.2) is 11.5 Å². The van der Waals surface area contributed by atoms with Gasteiger partial charge in [-0.25, -0.2) is 0 Å². The molecule has 1 aromatic carbocycles. The highest BCUT2D eigenvalue weighted by molar-refractivity contribution is 14.1. The van der Waals surface area contributed by atoms with E-state index in [2.05, 4.69) is 34.8 Å². The van der Waals surface area contributed by atoms with Gasteiger partial charge in [-0.15, -0.1) is 0 Å². The SMILES string of the molecule is CCCCCCN(C(=O)C1CC1)C1CC(C(=O)NCCO)=CC(Oc2c(I)cc(CO)cc2OC)C1O. The number of benzene rings is 1. The molecular weight excluding hydrogens is 591 g/mol. The Labute approximate surface area is 232 Å². The van der Waals surface area contributed by atoms with Crippen molar-refractivity contribution in [1.82, 2.24) is 10.2 Å². The zero-order valence-electron chi connectivity index (χ0n) is 21.6. The third kappa shape index (κ3) is 7.81. The fraction of sp³-hybridized carbons (Fsp3) is 0.630. The molecule has 3 rings (SSSR count). The topological polar surface area (TPSA) is 129 Å². The van der Waals surface area contributed by atoms with Gasteiger partial charge in [-0.05, 0) is 65.6 Å². The van der Waals surface area contributed by atoms with Crippen LogP contribution in [0.4, 0.5) is 0 Å². The van der Waals surface area contributed by atoms with Crippen LogP contribution >= 0.6 is 22.6 Å². The summed E-state index contributed by atoms with van der Waals surface area (Å²) in [4.78, 5) is 28.0. The van der Waals surface area contributed by atoms with Gasteiger partial charge >= 0.3 is 0 Å². The number of aliphatic hydroxyl groups is 3. The molecule has 0 aliphatic heterocycles. The molecule has 1 aromatic rings. The Morgan fingerprint density at radius 3 is 2.57 bits per heavy atom. The van der Waals surface area contributed by atoms with E-state index in [9.17, 15) is 24.9 Å². The second-order valence-corrected chi connectivity index (χ2v) is 10.8. The van der Waals surface area contributed by atoms with E-state index in [-0.39, 0.29) is 43.9 Å². The second-order valence-electron chi connectivity index (χ2n) is 9.65. The molecule has 2 amide bonds. The summed E-state index contributed by atoms with van der Waals surface area (Å²) >= 11 is 2.08. The lowest BCUT2D eigenvalue weighted by Crippen LogP contribution is -2.55. The Kier molecular flexibility index (Phi) is 11.5. The number of ether oxygens (including phenoxy) is 2. The van der Waals surface area contributed by atoms with Crippen LogP contribution in [0, 0.1) is 9.49 Å². The number of carbonyl (C=O) groups is 2. The standard InChI is InChI=1S/C27H39IN2O7/c1-3-4-5-6-10-30(27(35)18-7-8-18)21-14-19(26(34)29-9-11-31)15-22(24(21)33)37-25-20(28)12-17(16-32)13-23(25)36-2/h12-13,15,18,21-22,24,31-33H,3-11,14,16H2,1-2H3,(H,29,34). The third-order valence-corrected chi connectivity index (χ3v) is 7.60. The minimum absolute atomic E-state index is 0.0239. The molecule has 0 aromatic heterocycles. The predicted octanol–water partition coefficient (Wildman–Crippen LogP) is 2.53. The molecule has 1 fully saturated rings. The van der Waals surface area contributed by atoms with Crippen molar-refractivity contribution < 1.29 is 34.4 Å². The van der Waals surface area contributed by atoms with Gasteiger partial charge in [-0.2, -0.15) is 0 Å². The van der Waals surface area contributed by atoms with E-state index < -0.39 is 18.2 Å². The minimum atomic E-state index is -1.07. The van der Waals surface area contributed by atoms with Crippen LogP contribution in [0.3, 0.4) is 0 Å². The van der Waals surface area contributed by atoms with Crippen LogP contribution in [0.5, 0.6) is 11.5 Å². The van der Waals surface area contributed by atoms with E-state index in [1.807, 2.05) is 0 Å². The highest BCUT2D eigenvalue weighted by Crippen LogP contribution is 2.38. The summed E-state index contributed by atoms with van der Waals surface area (Å²) in [6, 6.07) is 2.81. The van der Waals surface area contributed by atoms with Crippen molar-refractivity contribution in [2.45, 2.75) is 76.7 Å². The average molecular weight is 631 g/mol. The number of hydrogen-bond donors (Lipinski definition) is 4. The number of methoxy groups -OCH3 is 1. The summed E-state index contributed by atoms with van der Waals surface area (Å²) in [5, 5.41) is 32.9. The fourth-order valence-corrected chi connectivity index (χ4v) is 5.40. The van der Waals surface area contributed by atoms with Gasteiger partial charge in [0.1, 0.15) is 12.2 Å². The maximum absolute atomic E-state index is 13.3. The number of hydrogen-bond acceptors (Lipinski definition) is 7. The Bertz CT molecular complexity index is 966. The number of rotatable bonds is 14. The first kappa shape index (κ1) is 29.7. The number of carbonyl (C=O) groups excluding carboxylic acids is 2. The zero-order valence-corrected chi connectivity index (χ0v) is 23.8. The van der Waals surface area contributed by atoms with E-state index in [1.54, 1.807) is 23.1 Å². The minimum Gasteiger partial charge on any atom is -0.493 e. The number of amides is 2. The molecule has 0 spiro atoms. The molecule has 3 unspecified atom stereocenters. The van der Waals surface area contributed by atoms with E-state index in [1.165, 1.54) is 7.11 Å². The molecule has 0 bridgehead atoms. The molecule has 37 heavy (non-hydrogen) atoms. The Balaban J connectivity index is 1.94. The van der Waals surface area contributed by atoms with Crippen molar-refractivity contribution in [1.29, 1.82) is 0 Å². The summed E-state index contributed by atoms with van der Waals surface area (Å²) in [5.74, 6) is 0.426. The van der Waals surface area contributed by atoms with Crippen LogP contribution in [0.2, 0.25) is 0 Å². The van der Waals surface area contributed by atoms with Crippen molar-refractivity contribution in [3.63, 3.8) is 0 Å².